The molecule has 0 atom stereocenters. The van der Waals surface area contributed by atoms with Crippen LogP contribution in [0.1, 0.15) is 41.7 Å². The maximum atomic E-state index is 13.2. The lowest BCUT2D eigenvalue weighted by atomic mass is 10.1. The van der Waals surface area contributed by atoms with E-state index in [-0.39, 0.29) is 17.8 Å². The molecule has 5 nitrogen and oxygen atoms in total. The van der Waals surface area contributed by atoms with Crippen molar-refractivity contribution in [3.05, 3.63) is 76.7 Å². The van der Waals surface area contributed by atoms with Crippen LogP contribution in [0.3, 0.4) is 0 Å². The average molecular weight is 425 g/mol. The van der Waals surface area contributed by atoms with Gasteiger partial charge in [0.1, 0.15) is 11.7 Å². The normalized spacial score (nSPS) is 14.8. The Labute approximate surface area is 179 Å². The molecule has 1 aliphatic rings. The van der Waals surface area contributed by atoms with Crippen LogP contribution in [0.2, 0.25) is 5.02 Å². The van der Waals surface area contributed by atoms with Gasteiger partial charge in [-0.3, -0.25) is 14.9 Å². The third kappa shape index (κ3) is 5.13. The van der Waals surface area contributed by atoms with Gasteiger partial charge >= 0.3 is 0 Å². The monoisotopic (exact) mass is 424 g/mol. The van der Waals surface area contributed by atoms with Crippen LogP contribution in [-0.4, -0.2) is 28.0 Å². The maximum Gasteiger partial charge on any atom is 0.256 e. The molecule has 0 bridgehead atoms. The van der Waals surface area contributed by atoms with E-state index in [0.717, 1.165) is 36.9 Å². The molecule has 4 rings (SSSR count). The Morgan fingerprint density at radius 1 is 1.13 bits per heavy atom. The molecule has 1 saturated carbocycles. The molecule has 7 heteroatoms. The van der Waals surface area contributed by atoms with Crippen molar-refractivity contribution in [2.45, 2.75) is 38.1 Å². The Hall–Kier alpha value is -2.99. The van der Waals surface area contributed by atoms with Crippen molar-refractivity contribution in [3.63, 3.8) is 0 Å². The molecule has 154 valence electrons. The van der Waals surface area contributed by atoms with Gasteiger partial charge < -0.3 is 5.32 Å². The van der Waals surface area contributed by atoms with E-state index in [9.17, 15) is 9.18 Å². The molecule has 1 fully saturated rings. The largest absolute Gasteiger partial charge is 0.310 e. The summed E-state index contributed by atoms with van der Waals surface area (Å²) < 4.78 is 13.2. The first-order valence-electron chi connectivity index (χ1n) is 10.0. The Morgan fingerprint density at radius 2 is 1.83 bits per heavy atom. The minimum absolute atomic E-state index is 0.221. The fourth-order valence-corrected chi connectivity index (χ4v) is 3.71. The third-order valence-corrected chi connectivity index (χ3v) is 5.41. The van der Waals surface area contributed by atoms with Crippen molar-refractivity contribution in [2.24, 2.45) is 4.99 Å². The second kappa shape index (κ2) is 9.22. The van der Waals surface area contributed by atoms with E-state index in [1.807, 2.05) is 6.07 Å². The number of carbonyl (C=O) groups is 1. The van der Waals surface area contributed by atoms with Gasteiger partial charge in [-0.05, 0) is 67.4 Å². The van der Waals surface area contributed by atoms with Gasteiger partial charge in [-0.2, -0.15) is 5.10 Å². The topological polar surface area (TPSA) is 70.1 Å². The predicted octanol–water partition coefficient (Wildman–Crippen LogP) is 5.18. The van der Waals surface area contributed by atoms with Crippen LogP contribution < -0.4 is 5.32 Å². The summed E-state index contributed by atoms with van der Waals surface area (Å²) in [4.78, 5) is 17.5. The first kappa shape index (κ1) is 20.3. The highest BCUT2D eigenvalue weighted by Gasteiger charge is 2.17. The van der Waals surface area contributed by atoms with Crippen LogP contribution in [0, 0.1) is 5.82 Å². The number of amidine groups is 1. The Morgan fingerprint density at radius 3 is 2.53 bits per heavy atom. The fraction of sp³-hybridized carbons (Fsp3) is 0.261. The van der Waals surface area contributed by atoms with Gasteiger partial charge in [-0.1, -0.05) is 24.4 Å². The van der Waals surface area contributed by atoms with Crippen LogP contribution in [-0.2, 0) is 6.42 Å². The molecule has 1 aromatic heterocycles. The number of aliphatic imine (C=N–C) groups is 1. The van der Waals surface area contributed by atoms with Crippen LogP contribution >= 0.6 is 11.6 Å². The molecule has 0 aliphatic heterocycles. The summed E-state index contributed by atoms with van der Waals surface area (Å²) in [6, 6.07) is 15.1. The van der Waals surface area contributed by atoms with Crippen molar-refractivity contribution in [2.75, 3.05) is 0 Å². The lowest BCUT2D eigenvalue weighted by molar-refractivity contribution is 0.0976. The smallest absolute Gasteiger partial charge is 0.256 e. The minimum Gasteiger partial charge on any atom is -0.310 e. The van der Waals surface area contributed by atoms with Gasteiger partial charge in [0.15, 0.2) is 0 Å². The molecule has 3 aromatic rings. The zero-order chi connectivity index (χ0) is 20.9. The molecule has 1 heterocycles. The molecule has 1 amide bonds. The van der Waals surface area contributed by atoms with Gasteiger partial charge in [-0.25, -0.2) is 4.39 Å². The zero-order valence-corrected chi connectivity index (χ0v) is 17.1. The first-order valence-corrected chi connectivity index (χ1v) is 10.4. The van der Waals surface area contributed by atoms with Gasteiger partial charge in [0.05, 0.1) is 11.7 Å². The summed E-state index contributed by atoms with van der Waals surface area (Å²) in [6.45, 7) is 0. The van der Waals surface area contributed by atoms with Crippen LogP contribution in [0.25, 0.3) is 11.3 Å². The van der Waals surface area contributed by atoms with Gasteiger partial charge in [0.25, 0.3) is 5.91 Å². The number of H-pyrrole nitrogens is 1. The van der Waals surface area contributed by atoms with E-state index in [1.54, 1.807) is 36.4 Å². The number of hydrogen-bond donors (Lipinski definition) is 2. The number of carbonyl (C=O) groups excluding carboxylic acids is 1. The lowest BCUT2D eigenvalue weighted by Crippen LogP contribution is -2.33. The van der Waals surface area contributed by atoms with Crippen molar-refractivity contribution < 1.29 is 9.18 Å². The number of nitrogens with zero attached hydrogens (tertiary/aromatic N) is 2. The molecule has 0 radical (unpaired) electrons. The van der Waals surface area contributed by atoms with E-state index in [0.29, 0.717) is 28.5 Å². The highest BCUT2D eigenvalue weighted by Crippen LogP contribution is 2.22. The van der Waals surface area contributed by atoms with Crippen molar-refractivity contribution in [3.8, 4) is 11.3 Å². The number of rotatable bonds is 5. The standard InChI is InChI=1S/C23H22ClFN4O/c24-17-9-5-16(6-10-17)23(30)27-22(26-19-3-1-2-4-19)14-20-13-21(29-28-20)15-7-11-18(25)12-8-15/h5-13,19H,1-4,14H2,(H,28,29)(H,26,27,30). The zero-order valence-electron chi connectivity index (χ0n) is 16.4. The molecule has 0 saturated heterocycles. The van der Waals surface area contributed by atoms with Crippen molar-refractivity contribution >= 4 is 23.3 Å². The van der Waals surface area contributed by atoms with Gasteiger partial charge in [0.2, 0.25) is 0 Å². The number of hydrogen-bond acceptors (Lipinski definition) is 3. The SMILES string of the molecule is O=C(NC(Cc1cc(-c2ccc(F)cc2)n[nH]1)=NC1CCCC1)c1ccc(Cl)cc1. The summed E-state index contributed by atoms with van der Waals surface area (Å²) in [5.74, 6) is 0.100. The Kier molecular flexibility index (Phi) is 6.23. The molecule has 2 aromatic carbocycles. The van der Waals surface area contributed by atoms with Crippen LogP contribution in [0.15, 0.2) is 59.6 Å². The van der Waals surface area contributed by atoms with E-state index in [1.165, 1.54) is 12.1 Å². The molecular formula is C23H22ClFN4O. The quantitative estimate of drug-likeness (QED) is 0.437. The van der Waals surface area contributed by atoms with Crippen molar-refractivity contribution in [1.82, 2.24) is 15.5 Å². The summed E-state index contributed by atoms with van der Waals surface area (Å²) in [5, 5.41) is 10.9. The second-order valence-corrected chi connectivity index (χ2v) is 7.87. The second-order valence-electron chi connectivity index (χ2n) is 7.44. The highest BCUT2D eigenvalue weighted by atomic mass is 35.5. The Balaban J connectivity index is 1.52. The third-order valence-electron chi connectivity index (χ3n) is 5.16. The average Bonchev–Trinajstić information content (AvgIpc) is 3.41. The summed E-state index contributed by atoms with van der Waals surface area (Å²) in [5.41, 5.74) is 2.88. The highest BCUT2D eigenvalue weighted by molar-refractivity contribution is 6.30. The van der Waals surface area contributed by atoms with E-state index < -0.39 is 0 Å². The number of halogens is 2. The molecular weight excluding hydrogens is 403 g/mol. The number of nitrogens with one attached hydrogen (secondary N) is 2. The summed E-state index contributed by atoms with van der Waals surface area (Å²) in [6.07, 6.45) is 4.80. The summed E-state index contributed by atoms with van der Waals surface area (Å²) in [7, 11) is 0. The number of aromatic nitrogens is 2. The molecule has 2 N–H and O–H groups in total. The Bertz CT molecular complexity index is 1040. The lowest BCUT2D eigenvalue weighted by Gasteiger charge is -2.11. The van der Waals surface area contributed by atoms with E-state index in [4.69, 9.17) is 16.6 Å². The molecule has 0 spiro atoms. The van der Waals surface area contributed by atoms with E-state index >= 15 is 0 Å². The minimum atomic E-state index is -0.287. The fourth-order valence-electron chi connectivity index (χ4n) is 3.58. The van der Waals surface area contributed by atoms with Crippen molar-refractivity contribution in [1.29, 1.82) is 0 Å². The van der Waals surface area contributed by atoms with Crippen LogP contribution in [0.5, 0.6) is 0 Å². The van der Waals surface area contributed by atoms with Crippen LogP contribution in [0.4, 0.5) is 4.39 Å². The number of benzene rings is 2. The first-order chi connectivity index (χ1) is 14.6. The predicted molar refractivity (Wildman–Crippen MR) is 116 cm³/mol. The molecule has 30 heavy (non-hydrogen) atoms. The number of amides is 1. The van der Waals surface area contributed by atoms with Gasteiger partial charge in [-0.15, -0.1) is 0 Å². The molecule has 0 unspecified atom stereocenters. The van der Waals surface area contributed by atoms with Gasteiger partial charge in [0, 0.05) is 28.3 Å². The molecule has 1 aliphatic carbocycles. The number of aromatic amines is 1. The summed E-state index contributed by atoms with van der Waals surface area (Å²) >= 11 is 5.92. The maximum absolute atomic E-state index is 13.2. The van der Waals surface area contributed by atoms with E-state index in [2.05, 4.69) is 15.5 Å².